The van der Waals surface area contributed by atoms with Crippen LogP contribution in [0.5, 0.6) is 0 Å². The second-order valence-electron chi connectivity index (χ2n) is 5.48. The van der Waals surface area contributed by atoms with Crippen molar-refractivity contribution < 1.29 is 19.8 Å². The molecule has 4 nitrogen and oxygen atoms in total. The van der Waals surface area contributed by atoms with Crippen LogP contribution in [-0.2, 0) is 0 Å². The molecule has 0 amide bonds. The first kappa shape index (κ1) is 18.0. The fourth-order valence-electron chi connectivity index (χ4n) is 2.85. The quantitative estimate of drug-likeness (QED) is 0.600. The van der Waals surface area contributed by atoms with E-state index in [1.807, 2.05) is 0 Å². The van der Waals surface area contributed by atoms with Gasteiger partial charge in [0.25, 0.3) is 0 Å². The minimum Gasteiger partial charge on any atom is -0.478 e. The lowest BCUT2D eigenvalue weighted by Gasteiger charge is -2.17. The summed E-state index contributed by atoms with van der Waals surface area (Å²) in [5, 5.41) is 19.6. The lowest BCUT2D eigenvalue weighted by molar-refractivity contribution is 0.0686. The third-order valence-corrected chi connectivity index (χ3v) is 4.59. The first-order valence-electron chi connectivity index (χ1n) is 7.55. The van der Waals surface area contributed by atoms with Gasteiger partial charge in [0, 0.05) is 21.2 Å². The number of aromatic carboxylic acids is 2. The van der Waals surface area contributed by atoms with Crippen molar-refractivity contribution in [2.75, 3.05) is 0 Å². The molecule has 6 heteroatoms. The van der Waals surface area contributed by atoms with E-state index in [0.717, 1.165) is 0 Å². The largest absolute Gasteiger partial charge is 0.478 e. The van der Waals surface area contributed by atoms with E-state index in [1.165, 1.54) is 12.1 Å². The molecular formula is C20H12Cl2O4. The summed E-state index contributed by atoms with van der Waals surface area (Å²) in [4.78, 5) is 23.3. The lowest BCUT2D eigenvalue weighted by atomic mass is 9.89. The topological polar surface area (TPSA) is 74.6 Å². The van der Waals surface area contributed by atoms with E-state index in [1.54, 1.807) is 48.5 Å². The molecule has 3 aromatic carbocycles. The maximum absolute atomic E-state index is 11.6. The number of carboxylic acids is 2. The molecule has 0 unspecified atom stereocenters. The molecule has 0 aromatic heterocycles. The predicted molar refractivity (Wildman–Crippen MR) is 101 cm³/mol. The van der Waals surface area contributed by atoms with Crippen molar-refractivity contribution in [3.05, 3.63) is 81.8 Å². The number of halogens is 2. The molecule has 0 atom stereocenters. The first-order chi connectivity index (χ1) is 12.4. The number of carbonyl (C=O) groups is 2. The van der Waals surface area contributed by atoms with E-state index >= 15 is 0 Å². The minimum absolute atomic E-state index is 0.0470. The molecule has 130 valence electrons. The Balaban J connectivity index is 2.43. The van der Waals surface area contributed by atoms with E-state index < -0.39 is 11.9 Å². The van der Waals surface area contributed by atoms with E-state index in [2.05, 4.69) is 0 Å². The van der Waals surface area contributed by atoms with Gasteiger partial charge in [0.1, 0.15) is 0 Å². The average Bonchev–Trinajstić information content (AvgIpc) is 2.63. The SMILES string of the molecule is O=C(O)c1ccccc1-c1c(Cl)ccc(Cl)c1-c1ccccc1C(=O)O. The molecule has 0 radical (unpaired) electrons. The van der Waals surface area contributed by atoms with Crippen LogP contribution < -0.4 is 0 Å². The van der Waals surface area contributed by atoms with Crippen molar-refractivity contribution in [2.24, 2.45) is 0 Å². The third-order valence-electron chi connectivity index (χ3n) is 3.96. The van der Waals surface area contributed by atoms with Gasteiger partial charge in [-0.1, -0.05) is 59.6 Å². The Morgan fingerprint density at radius 2 is 0.962 bits per heavy atom. The van der Waals surface area contributed by atoms with Crippen LogP contribution in [-0.4, -0.2) is 22.2 Å². The molecule has 0 heterocycles. The second kappa shape index (κ2) is 7.20. The van der Waals surface area contributed by atoms with Gasteiger partial charge in [-0.05, 0) is 35.4 Å². The smallest absolute Gasteiger partial charge is 0.336 e. The van der Waals surface area contributed by atoms with Crippen LogP contribution >= 0.6 is 23.2 Å². The summed E-state index contributed by atoms with van der Waals surface area (Å²) in [5.74, 6) is -2.23. The fourth-order valence-corrected chi connectivity index (χ4v) is 3.37. The monoisotopic (exact) mass is 386 g/mol. The molecule has 0 aliphatic heterocycles. The Morgan fingerprint density at radius 1 is 0.615 bits per heavy atom. The zero-order valence-electron chi connectivity index (χ0n) is 13.2. The van der Waals surface area contributed by atoms with Crippen molar-refractivity contribution in [3.63, 3.8) is 0 Å². The summed E-state index contributed by atoms with van der Waals surface area (Å²) >= 11 is 12.8. The molecule has 0 aliphatic rings. The summed E-state index contributed by atoms with van der Waals surface area (Å²) in [7, 11) is 0. The molecule has 0 bridgehead atoms. The molecule has 3 rings (SSSR count). The molecule has 0 saturated heterocycles. The van der Waals surface area contributed by atoms with Crippen molar-refractivity contribution in [1.29, 1.82) is 0 Å². The third kappa shape index (κ3) is 3.17. The van der Waals surface area contributed by atoms with Gasteiger partial charge in [-0.3, -0.25) is 0 Å². The van der Waals surface area contributed by atoms with Crippen LogP contribution in [0.4, 0.5) is 0 Å². The highest BCUT2D eigenvalue weighted by molar-refractivity contribution is 6.38. The van der Waals surface area contributed by atoms with Crippen LogP contribution in [0.15, 0.2) is 60.7 Å². The number of hydrogen-bond acceptors (Lipinski definition) is 2. The van der Waals surface area contributed by atoms with Crippen molar-refractivity contribution in [2.45, 2.75) is 0 Å². The summed E-state index contributed by atoms with van der Waals surface area (Å²) < 4.78 is 0. The van der Waals surface area contributed by atoms with Crippen molar-refractivity contribution in [3.8, 4) is 22.3 Å². The first-order valence-corrected chi connectivity index (χ1v) is 8.30. The van der Waals surface area contributed by atoms with Crippen LogP contribution in [0.3, 0.4) is 0 Å². The van der Waals surface area contributed by atoms with Crippen molar-refractivity contribution >= 4 is 35.1 Å². The predicted octanol–water partition coefficient (Wildman–Crippen LogP) is 5.72. The van der Waals surface area contributed by atoms with Gasteiger partial charge < -0.3 is 10.2 Å². The minimum atomic E-state index is -1.12. The molecule has 3 aromatic rings. The van der Waals surface area contributed by atoms with E-state index in [0.29, 0.717) is 22.3 Å². The summed E-state index contributed by atoms with van der Waals surface area (Å²) in [5.41, 5.74) is 1.58. The Labute approximate surface area is 159 Å². The van der Waals surface area contributed by atoms with Gasteiger partial charge in [0.15, 0.2) is 0 Å². The van der Waals surface area contributed by atoms with E-state index in [9.17, 15) is 19.8 Å². The number of hydrogen-bond donors (Lipinski definition) is 2. The normalized spacial score (nSPS) is 10.5. The maximum Gasteiger partial charge on any atom is 0.336 e. The molecule has 0 saturated carbocycles. The van der Waals surface area contributed by atoms with Gasteiger partial charge in [-0.15, -0.1) is 0 Å². The molecular weight excluding hydrogens is 375 g/mol. The van der Waals surface area contributed by atoms with E-state index in [-0.39, 0.29) is 21.2 Å². The average molecular weight is 387 g/mol. The second-order valence-corrected chi connectivity index (χ2v) is 6.30. The number of rotatable bonds is 4. The van der Waals surface area contributed by atoms with Gasteiger partial charge in [-0.25, -0.2) is 9.59 Å². The molecule has 0 spiro atoms. The Morgan fingerprint density at radius 3 is 1.31 bits per heavy atom. The van der Waals surface area contributed by atoms with E-state index in [4.69, 9.17) is 23.2 Å². The van der Waals surface area contributed by atoms with Crippen molar-refractivity contribution in [1.82, 2.24) is 0 Å². The standard InChI is InChI=1S/C20H12Cl2O4/c21-15-9-10-16(22)18(12-6-2-4-8-14(12)20(25)26)17(15)11-5-1-3-7-13(11)19(23)24/h1-10H,(H,23,24)(H,25,26). The summed E-state index contributed by atoms with van der Waals surface area (Å²) in [6, 6.07) is 15.9. The van der Waals surface area contributed by atoms with Crippen LogP contribution in [0.25, 0.3) is 22.3 Å². The highest BCUT2D eigenvalue weighted by Crippen LogP contribution is 2.44. The Hall–Kier alpha value is -2.82. The van der Waals surface area contributed by atoms with Gasteiger partial charge >= 0.3 is 11.9 Å². The summed E-state index contributed by atoms with van der Waals surface area (Å²) in [6.45, 7) is 0. The molecule has 2 N–H and O–H groups in total. The highest BCUT2D eigenvalue weighted by Gasteiger charge is 2.22. The summed E-state index contributed by atoms with van der Waals surface area (Å²) in [6.07, 6.45) is 0. The lowest BCUT2D eigenvalue weighted by Crippen LogP contribution is -2.03. The molecule has 26 heavy (non-hydrogen) atoms. The zero-order chi connectivity index (χ0) is 18.8. The van der Waals surface area contributed by atoms with Crippen LogP contribution in [0.1, 0.15) is 20.7 Å². The van der Waals surface area contributed by atoms with Crippen LogP contribution in [0.2, 0.25) is 10.0 Å². The fraction of sp³-hybridized carbons (Fsp3) is 0. The molecule has 0 fully saturated rings. The Bertz CT molecular complexity index is 946. The zero-order valence-corrected chi connectivity index (χ0v) is 14.8. The maximum atomic E-state index is 11.6. The Kier molecular flexibility index (Phi) is 4.98. The van der Waals surface area contributed by atoms with Crippen LogP contribution in [0, 0.1) is 0 Å². The number of benzene rings is 3. The highest BCUT2D eigenvalue weighted by atomic mass is 35.5. The van der Waals surface area contributed by atoms with Gasteiger partial charge in [-0.2, -0.15) is 0 Å². The molecule has 0 aliphatic carbocycles. The van der Waals surface area contributed by atoms with Gasteiger partial charge in [0.05, 0.1) is 11.1 Å². The number of carboxylic acid groups (broad SMARTS) is 2. The van der Waals surface area contributed by atoms with Gasteiger partial charge in [0.2, 0.25) is 0 Å².